The Hall–Kier alpha value is -1.66. The topological polar surface area (TPSA) is 64.2 Å². The van der Waals surface area contributed by atoms with Crippen LogP contribution in [0.4, 0.5) is 5.69 Å². The molecule has 164 valence electrons. The summed E-state index contributed by atoms with van der Waals surface area (Å²) in [6.45, 7) is 3.82. The largest absolute Gasteiger partial charge is 0.383 e. The first-order valence-electron chi connectivity index (χ1n) is 11.7. The minimum Gasteiger partial charge on any atom is -0.383 e. The van der Waals surface area contributed by atoms with Crippen LogP contribution in [0, 0.1) is 5.92 Å². The molecule has 5 nitrogen and oxygen atoms in total. The van der Waals surface area contributed by atoms with E-state index in [1.807, 2.05) is 0 Å². The van der Waals surface area contributed by atoms with Gasteiger partial charge in [-0.05, 0) is 55.5 Å². The minimum absolute atomic E-state index is 0.172. The number of allylic oxidation sites excluding steroid dienone is 3. The summed E-state index contributed by atoms with van der Waals surface area (Å²) in [4.78, 5) is 2.64. The maximum atomic E-state index is 5.46. The van der Waals surface area contributed by atoms with E-state index in [2.05, 4.69) is 70.7 Å². The second-order valence-electron chi connectivity index (χ2n) is 9.14. The van der Waals surface area contributed by atoms with Gasteiger partial charge in [0.15, 0.2) is 0 Å². The molecule has 1 aliphatic carbocycles. The van der Waals surface area contributed by atoms with Gasteiger partial charge in [-0.25, -0.2) is 0 Å². The summed E-state index contributed by atoms with van der Waals surface area (Å²) < 4.78 is 5.46. The summed E-state index contributed by atoms with van der Waals surface area (Å²) in [5.41, 5.74) is 7.66. The van der Waals surface area contributed by atoms with Crippen molar-refractivity contribution in [3.63, 3.8) is 0 Å². The first-order chi connectivity index (χ1) is 14.7. The number of hydrogen-bond donors (Lipinski definition) is 3. The minimum atomic E-state index is -0.172. The summed E-state index contributed by atoms with van der Waals surface area (Å²) in [6, 6.07) is 9.01. The lowest BCUT2D eigenvalue weighted by Gasteiger charge is -2.51. The molecule has 4 rings (SSSR count). The van der Waals surface area contributed by atoms with Crippen LogP contribution in [0.15, 0.2) is 48.2 Å². The summed E-state index contributed by atoms with van der Waals surface area (Å²) in [5.74, 6) is 0.575. The second kappa shape index (κ2) is 9.65. The first-order valence-corrected chi connectivity index (χ1v) is 11.7. The molecule has 3 atom stereocenters. The van der Waals surface area contributed by atoms with Gasteiger partial charge in [0.25, 0.3) is 0 Å². The summed E-state index contributed by atoms with van der Waals surface area (Å²) in [7, 11) is 1.79. The predicted octanol–water partition coefficient (Wildman–Crippen LogP) is 3.60. The normalized spacial score (nSPS) is 30.0. The van der Waals surface area contributed by atoms with Gasteiger partial charge in [0.05, 0.1) is 12.6 Å². The fourth-order valence-electron chi connectivity index (χ4n) is 5.85. The zero-order valence-corrected chi connectivity index (χ0v) is 18.7. The average Bonchev–Trinajstić information content (AvgIpc) is 3.05. The number of rotatable bonds is 6. The Morgan fingerprint density at radius 1 is 1.13 bits per heavy atom. The van der Waals surface area contributed by atoms with Gasteiger partial charge < -0.3 is 15.4 Å². The van der Waals surface area contributed by atoms with E-state index in [1.54, 1.807) is 7.11 Å². The van der Waals surface area contributed by atoms with Crippen LogP contribution in [-0.4, -0.2) is 37.0 Å². The van der Waals surface area contributed by atoms with Crippen molar-refractivity contribution in [2.45, 2.75) is 69.7 Å². The maximum Gasteiger partial charge on any atom is 0.127 e. The zero-order valence-electron chi connectivity index (χ0n) is 18.7. The molecule has 1 aromatic rings. The molecule has 3 aliphatic rings. The Kier molecular flexibility index (Phi) is 6.94. The highest BCUT2D eigenvalue weighted by Crippen LogP contribution is 2.48. The number of ether oxygens (including phenoxy) is 1. The molecule has 3 unspecified atom stereocenters. The zero-order chi connectivity index (χ0) is 21.0. The SMILES string of the molecule is COCCNC1(C2CCCCCCC2)C(c2ccc([NH3+])cc2)NC2C=CC=C(C)N21. The van der Waals surface area contributed by atoms with Gasteiger partial charge in [0.2, 0.25) is 0 Å². The van der Waals surface area contributed by atoms with Crippen LogP contribution in [-0.2, 0) is 4.74 Å². The molecular weight excluding hydrogens is 372 g/mol. The van der Waals surface area contributed by atoms with Crippen LogP contribution in [0.1, 0.15) is 63.5 Å². The lowest BCUT2D eigenvalue weighted by atomic mass is 9.75. The molecular formula is C25H39N4O+. The number of fused-ring (bicyclic) bond motifs is 1. The second-order valence-corrected chi connectivity index (χ2v) is 9.14. The monoisotopic (exact) mass is 411 g/mol. The van der Waals surface area contributed by atoms with Crippen LogP contribution in [0.5, 0.6) is 0 Å². The molecule has 0 amide bonds. The lowest BCUT2D eigenvalue weighted by molar-refractivity contribution is -0.254. The van der Waals surface area contributed by atoms with Crippen LogP contribution >= 0.6 is 0 Å². The van der Waals surface area contributed by atoms with Crippen LogP contribution in [0.25, 0.3) is 0 Å². The lowest BCUT2D eigenvalue weighted by Crippen LogP contribution is -2.64. The van der Waals surface area contributed by atoms with Gasteiger partial charge >= 0.3 is 0 Å². The molecule has 2 heterocycles. The van der Waals surface area contributed by atoms with E-state index in [1.165, 1.54) is 56.2 Å². The molecule has 0 aromatic heterocycles. The van der Waals surface area contributed by atoms with Gasteiger partial charge in [0.1, 0.15) is 17.5 Å². The highest BCUT2D eigenvalue weighted by Gasteiger charge is 2.57. The summed E-state index contributed by atoms with van der Waals surface area (Å²) in [6.07, 6.45) is 16.2. The van der Waals surface area contributed by atoms with E-state index in [0.29, 0.717) is 5.92 Å². The number of nitrogens with zero attached hydrogens (tertiary/aromatic N) is 1. The Morgan fingerprint density at radius 3 is 2.53 bits per heavy atom. The van der Waals surface area contributed by atoms with Gasteiger partial charge in [-0.2, -0.15) is 0 Å². The van der Waals surface area contributed by atoms with Crippen molar-refractivity contribution in [2.75, 3.05) is 20.3 Å². The van der Waals surface area contributed by atoms with E-state index in [0.717, 1.165) is 18.8 Å². The van der Waals surface area contributed by atoms with E-state index in [9.17, 15) is 0 Å². The number of nitrogens with one attached hydrogen (secondary N) is 2. The molecule has 0 bridgehead atoms. The number of quaternary nitrogens is 1. The fourth-order valence-corrected chi connectivity index (χ4v) is 5.85. The fraction of sp³-hybridized carbons (Fsp3) is 0.600. The van der Waals surface area contributed by atoms with Gasteiger partial charge in [-0.15, -0.1) is 0 Å². The Labute approximate surface area is 181 Å². The van der Waals surface area contributed by atoms with E-state index in [4.69, 9.17) is 4.74 Å². The maximum absolute atomic E-state index is 5.46. The average molecular weight is 412 g/mol. The predicted molar refractivity (Wildman–Crippen MR) is 122 cm³/mol. The molecule has 0 spiro atoms. The third-order valence-corrected chi connectivity index (χ3v) is 7.22. The molecule has 5 N–H and O–H groups in total. The van der Waals surface area contributed by atoms with Crippen molar-refractivity contribution < 1.29 is 10.5 Å². The van der Waals surface area contributed by atoms with Crippen molar-refractivity contribution in [3.8, 4) is 0 Å². The van der Waals surface area contributed by atoms with Crippen molar-refractivity contribution >= 4 is 5.69 Å². The molecule has 0 radical (unpaired) electrons. The van der Waals surface area contributed by atoms with Crippen LogP contribution in [0.3, 0.4) is 0 Å². The third-order valence-electron chi connectivity index (χ3n) is 7.22. The molecule has 2 fully saturated rings. The molecule has 1 saturated heterocycles. The van der Waals surface area contributed by atoms with Crippen molar-refractivity contribution in [1.82, 2.24) is 15.5 Å². The highest BCUT2D eigenvalue weighted by atomic mass is 16.5. The molecule has 1 aromatic carbocycles. The summed E-state index contributed by atoms with van der Waals surface area (Å²) in [5, 5.41) is 8.04. The molecule has 1 saturated carbocycles. The number of methoxy groups -OCH3 is 1. The van der Waals surface area contributed by atoms with E-state index < -0.39 is 0 Å². The number of benzene rings is 1. The summed E-state index contributed by atoms with van der Waals surface area (Å²) >= 11 is 0. The van der Waals surface area contributed by atoms with Gasteiger partial charge in [0, 0.05) is 19.4 Å². The smallest absolute Gasteiger partial charge is 0.127 e. The quantitative estimate of drug-likeness (QED) is 0.626. The molecule has 2 aliphatic heterocycles. The Bertz CT molecular complexity index is 751. The third kappa shape index (κ3) is 4.09. The van der Waals surface area contributed by atoms with Crippen LogP contribution < -0.4 is 16.4 Å². The van der Waals surface area contributed by atoms with Crippen molar-refractivity contribution in [3.05, 3.63) is 53.8 Å². The van der Waals surface area contributed by atoms with Crippen molar-refractivity contribution in [2.24, 2.45) is 5.92 Å². The molecule has 30 heavy (non-hydrogen) atoms. The Balaban J connectivity index is 1.79. The van der Waals surface area contributed by atoms with Gasteiger partial charge in [-0.3, -0.25) is 10.6 Å². The number of hydrogen-bond acceptors (Lipinski definition) is 4. The van der Waals surface area contributed by atoms with Crippen molar-refractivity contribution in [1.29, 1.82) is 0 Å². The standard InChI is InChI=1S/C25H38N4O/c1-19-9-8-12-23-28-24(20-13-15-22(26)16-14-20)25(29(19)23,27-17-18-30-2)21-10-6-4-3-5-7-11-21/h8-9,12-16,21,23-24,27-28H,3-7,10-11,17-18,26H2,1-2H3/p+1. The first kappa shape index (κ1) is 21.6. The van der Waals surface area contributed by atoms with E-state index >= 15 is 0 Å². The van der Waals surface area contributed by atoms with Crippen LogP contribution in [0.2, 0.25) is 0 Å². The van der Waals surface area contributed by atoms with E-state index in [-0.39, 0.29) is 17.9 Å². The molecule has 5 heteroatoms. The van der Waals surface area contributed by atoms with Gasteiger partial charge in [-0.1, -0.05) is 50.3 Å². The Morgan fingerprint density at radius 2 is 1.83 bits per heavy atom. The highest BCUT2D eigenvalue weighted by molar-refractivity contribution is 5.38.